The number of hydrogen-bond acceptors (Lipinski definition) is 5. The monoisotopic (exact) mass is 358 g/mol. The zero-order valence-corrected chi connectivity index (χ0v) is 15.8. The number of allylic oxidation sites excluding steroid dienone is 2. The average molecular weight is 358 g/mol. The Morgan fingerprint density at radius 3 is 2.42 bits per heavy atom. The first-order valence-corrected chi connectivity index (χ1v) is 8.87. The summed E-state index contributed by atoms with van der Waals surface area (Å²) in [6, 6.07) is 3.55. The van der Waals surface area contributed by atoms with Crippen LogP contribution in [0.5, 0.6) is 17.2 Å². The van der Waals surface area contributed by atoms with Crippen LogP contribution in [0, 0.1) is 5.41 Å². The van der Waals surface area contributed by atoms with Gasteiger partial charge in [-0.15, -0.1) is 0 Å². The summed E-state index contributed by atoms with van der Waals surface area (Å²) in [5.41, 5.74) is 2.11. The van der Waals surface area contributed by atoms with E-state index >= 15 is 0 Å². The van der Waals surface area contributed by atoms with Gasteiger partial charge >= 0.3 is 0 Å². The third-order valence-corrected chi connectivity index (χ3v) is 5.64. The SMILES string of the molecule is COc1cc(OC)c(OC)cc1/C=C1/C[C@@]2(C)C(=CC1=O)CCC[C@@H]2O. The molecule has 0 radical (unpaired) electrons. The molecule has 0 saturated heterocycles. The van der Waals surface area contributed by atoms with Crippen molar-refractivity contribution >= 4 is 11.9 Å². The number of benzene rings is 1. The van der Waals surface area contributed by atoms with Crippen LogP contribution >= 0.6 is 0 Å². The normalized spacial score (nSPS) is 27.0. The fraction of sp³-hybridized carbons (Fsp3) is 0.476. The molecule has 2 aliphatic rings. The molecule has 0 unspecified atom stereocenters. The maximum absolute atomic E-state index is 12.7. The summed E-state index contributed by atoms with van der Waals surface area (Å²) in [6.07, 6.45) is 6.23. The van der Waals surface area contributed by atoms with E-state index in [1.165, 1.54) is 0 Å². The van der Waals surface area contributed by atoms with E-state index in [0.717, 1.165) is 30.4 Å². The Hall–Kier alpha value is -2.27. The topological polar surface area (TPSA) is 65.0 Å². The van der Waals surface area contributed by atoms with Gasteiger partial charge in [-0.3, -0.25) is 4.79 Å². The van der Waals surface area contributed by atoms with E-state index in [0.29, 0.717) is 29.2 Å². The number of methoxy groups -OCH3 is 3. The molecule has 0 bridgehead atoms. The molecule has 1 saturated carbocycles. The Kier molecular flexibility index (Phi) is 5.10. The Bertz CT molecular complexity index is 777. The maximum Gasteiger partial charge on any atom is 0.181 e. The van der Waals surface area contributed by atoms with E-state index in [1.54, 1.807) is 39.5 Å². The minimum absolute atomic E-state index is 0.00316. The number of hydrogen-bond donors (Lipinski definition) is 1. The first-order valence-electron chi connectivity index (χ1n) is 8.87. The lowest BCUT2D eigenvalue weighted by Gasteiger charge is -2.43. The summed E-state index contributed by atoms with van der Waals surface area (Å²) in [5, 5.41) is 10.5. The molecule has 0 spiro atoms. The number of carbonyl (C=O) groups excluding carboxylic acids is 1. The second-order valence-electron chi connectivity index (χ2n) is 7.15. The van der Waals surface area contributed by atoms with Gasteiger partial charge in [0.15, 0.2) is 17.3 Å². The van der Waals surface area contributed by atoms with Crippen LogP contribution in [-0.2, 0) is 4.79 Å². The minimum atomic E-state index is -0.425. The molecule has 0 amide bonds. The quantitative estimate of drug-likeness (QED) is 0.834. The first kappa shape index (κ1) is 18.5. The predicted octanol–water partition coefficient (Wildman–Crippen LogP) is 3.55. The highest BCUT2D eigenvalue weighted by Crippen LogP contribution is 2.48. The molecule has 1 N–H and O–H groups in total. The molecular weight excluding hydrogens is 332 g/mol. The second kappa shape index (κ2) is 7.16. The molecule has 26 heavy (non-hydrogen) atoms. The van der Waals surface area contributed by atoms with Crippen LogP contribution in [0.1, 0.15) is 38.2 Å². The number of ether oxygens (including phenoxy) is 3. The minimum Gasteiger partial charge on any atom is -0.496 e. The molecule has 1 fully saturated rings. The third-order valence-electron chi connectivity index (χ3n) is 5.64. The van der Waals surface area contributed by atoms with Crippen LogP contribution < -0.4 is 14.2 Å². The van der Waals surface area contributed by atoms with Crippen LogP contribution in [-0.4, -0.2) is 38.3 Å². The van der Waals surface area contributed by atoms with Crippen LogP contribution in [0.3, 0.4) is 0 Å². The van der Waals surface area contributed by atoms with Crippen molar-refractivity contribution in [3.8, 4) is 17.2 Å². The largest absolute Gasteiger partial charge is 0.496 e. The summed E-state index contributed by atoms with van der Waals surface area (Å²) in [6.45, 7) is 2.05. The molecule has 1 aromatic rings. The summed E-state index contributed by atoms with van der Waals surface area (Å²) in [4.78, 5) is 12.7. The predicted molar refractivity (Wildman–Crippen MR) is 99.7 cm³/mol. The van der Waals surface area contributed by atoms with Crippen molar-refractivity contribution in [2.75, 3.05) is 21.3 Å². The molecule has 140 valence electrons. The van der Waals surface area contributed by atoms with E-state index in [1.807, 2.05) is 6.08 Å². The maximum atomic E-state index is 12.7. The van der Waals surface area contributed by atoms with Gasteiger partial charge in [-0.2, -0.15) is 0 Å². The molecule has 3 rings (SSSR count). The molecule has 5 nitrogen and oxygen atoms in total. The van der Waals surface area contributed by atoms with E-state index in [9.17, 15) is 9.90 Å². The van der Waals surface area contributed by atoms with Gasteiger partial charge in [-0.25, -0.2) is 0 Å². The average Bonchev–Trinajstić information content (AvgIpc) is 2.64. The highest BCUT2D eigenvalue weighted by molar-refractivity contribution is 6.09. The fourth-order valence-electron chi connectivity index (χ4n) is 3.98. The van der Waals surface area contributed by atoms with Crippen LogP contribution in [0.15, 0.2) is 29.4 Å². The summed E-state index contributed by atoms with van der Waals surface area (Å²) >= 11 is 0. The highest BCUT2D eigenvalue weighted by Gasteiger charge is 2.43. The standard InChI is InChI=1S/C21H26O5/c1-21-12-14(16(22)10-15(21)6-5-7-20(21)23)8-13-9-18(25-3)19(26-4)11-17(13)24-2/h8-11,20,23H,5-7,12H2,1-4H3/b14-8-/t20-,21-/m0/s1. The zero-order chi connectivity index (χ0) is 18.9. The number of ketones is 1. The molecular formula is C21H26O5. The smallest absolute Gasteiger partial charge is 0.181 e. The van der Waals surface area contributed by atoms with Crippen molar-refractivity contribution in [1.29, 1.82) is 0 Å². The number of aliphatic hydroxyl groups is 1. The Morgan fingerprint density at radius 2 is 1.77 bits per heavy atom. The van der Waals surface area contributed by atoms with Crippen LogP contribution in [0.4, 0.5) is 0 Å². The second-order valence-corrected chi connectivity index (χ2v) is 7.15. The van der Waals surface area contributed by atoms with Gasteiger partial charge in [0, 0.05) is 22.6 Å². The van der Waals surface area contributed by atoms with Crippen LogP contribution in [0.25, 0.3) is 6.08 Å². The van der Waals surface area contributed by atoms with Gasteiger partial charge in [0.2, 0.25) is 0 Å². The number of rotatable bonds is 4. The molecule has 1 aromatic carbocycles. The Balaban J connectivity index is 2.05. The third kappa shape index (κ3) is 3.12. The molecule has 0 heterocycles. The van der Waals surface area contributed by atoms with E-state index < -0.39 is 6.10 Å². The zero-order valence-electron chi connectivity index (χ0n) is 15.8. The lowest BCUT2D eigenvalue weighted by atomic mass is 9.63. The van der Waals surface area contributed by atoms with E-state index in [2.05, 4.69) is 6.92 Å². The van der Waals surface area contributed by atoms with E-state index in [-0.39, 0.29) is 11.2 Å². The summed E-state index contributed by atoms with van der Waals surface area (Å²) < 4.78 is 16.1. The lowest BCUT2D eigenvalue weighted by Crippen LogP contribution is -2.41. The molecule has 0 aromatic heterocycles. The Labute approximate surface area is 154 Å². The summed E-state index contributed by atoms with van der Waals surface area (Å²) in [5.74, 6) is 1.75. The van der Waals surface area contributed by atoms with Crippen molar-refractivity contribution < 1.29 is 24.1 Å². The number of carbonyl (C=O) groups is 1. The van der Waals surface area contributed by atoms with Crippen molar-refractivity contribution in [2.45, 2.75) is 38.7 Å². The van der Waals surface area contributed by atoms with Crippen molar-refractivity contribution in [1.82, 2.24) is 0 Å². The van der Waals surface area contributed by atoms with E-state index in [4.69, 9.17) is 14.2 Å². The lowest BCUT2D eigenvalue weighted by molar-refractivity contribution is -0.112. The van der Waals surface area contributed by atoms with Gasteiger partial charge in [0.25, 0.3) is 0 Å². The van der Waals surface area contributed by atoms with Gasteiger partial charge in [0.1, 0.15) is 5.75 Å². The molecule has 2 atom stereocenters. The van der Waals surface area contributed by atoms with Crippen LogP contribution in [0.2, 0.25) is 0 Å². The number of aliphatic hydroxyl groups excluding tert-OH is 1. The first-order chi connectivity index (χ1) is 12.4. The van der Waals surface area contributed by atoms with Crippen molar-refractivity contribution in [3.63, 3.8) is 0 Å². The molecule has 2 aliphatic carbocycles. The van der Waals surface area contributed by atoms with Gasteiger partial charge in [-0.05, 0) is 43.9 Å². The highest BCUT2D eigenvalue weighted by atomic mass is 16.5. The van der Waals surface area contributed by atoms with Crippen molar-refractivity contribution in [2.24, 2.45) is 5.41 Å². The summed E-state index contributed by atoms with van der Waals surface area (Å²) in [7, 11) is 4.72. The Morgan fingerprint density at radius 1 is 1.12 bits per heavy atom. The number of fused-ring (bicyclic) bond motifs is 1. The molecule has 5 heteroatoms. The van der Waals surface area contributed by atoms with Crippen molar-refractivity contribution in [3.05, 3.63) is 34.9 Å². The molecule has 0 aliphatic heterocycles. The van der Waals surface area contributed by atoms with Gasteiger partial charge < -0.3 is 19.3 Å². The van der Waals surface area contributed by atoms with Gasteiger partial charge in [0.05, 0.1) is 27.4 Å². The van der Waals surface area contributed by atoms with Gasteiger partial charge in [-0.1, -0.05) is 12.5 Å². The fourth-order valence-corrected chi connectivity index (χ4v) is 3.98.